The number of nitrogens with two attached hydrogens (primary N) is 2. The highest BCUT2D eigenvalue weighted by molar-refractivity contribution is 6.42. The van der Waals surface area contributed by atoms with Crippen LogP contribution in [-0.4, -0.2) is 23.1 Å². The van der Waals surface area contributed by atoms with Gasteiger partial charge in [-0.25, -0.2) is 0 Å². The van der Waals surface area contributed by atoms with Crippen molar-refractivity contribution in [2.45, 2.75) is 18.5 Å². The summed E-state index contributed by atoms with van der Waals surface area (Å²) in [5, 5.41) is 8.74. The highest BCUT2D eigenvalue weighted by Gasteiger charge is 2.25. The zero-order valence-electron chi connectivity index (χ0n) is 18.8. The highest BCUT2D eigenvalue weighted by Crippen LogP contribution is 2.32. The molecular weight excluding hydrogens is 501 g/mol. The van der Waals surface area contributed by atoms with Gasteiger partial charge < -0.3 is 21.4 Å². The van der Waals surface area contributed by atoms with E-state index in [1.54, 1.807) is 0 Å². The Morgan fingerprint density at radius 3 is 2.46 bits per heavy atom. The van der Waals surface area contributed by atoms with Crippen molar-refractivity contribution in [3.8, 4) is 0 Å². The van der Waals surface area contributed by atoms with Crippen molar-refractivity contribution in [3.05, 3.63) is 97.9 Å². The summed E-state index contributed by atoms with van der Waals surface area (Å²) in [5.41, 5.74) is 14.3. The molecule has 2 unspecified atom stereocenters. The molecule has 0 bridgehead atoms. The van der Waals surface area contributed by atoms with Crippen LogP contribution in [0.5, 0.6) is 0 Å². The molecule has 0 amide bonds. The van der Waals surface area contributed by atoms with Gasteiger partial charge in [0.25, 0.3) is 0 Å². The molecule has 178 valence electrons. The lowest BCUT2D eigenvalue weighted by atomic mass is 9.87. The molecule has 5 rings (SSSR count). The van der Waals surface area contributed by atoms with Gasteiger partial charge in [-0.05, 0) is 54.1 Å². The Bertz CT molecular complexity index is 1540. The minimum atomic E-state index is -0.0382. The van der Waals surface area contributed by atoms with Gasteiger partial charge in [0, 0.05) is 44.6 Å². The number of benzene rings is 3. The molecule has 1 heterocycles. The number of nitrogens with zero attached hydrogens (tertiary/aromatic N) is 2. The van der Waals surface area contributed by atoms with Gasteiger partial charge in [-0.1, -0.05) is 65.1 Å². The number of aromatic nitrogens is 1. The van der Waals surface area contributed by atoms with Crippen molar-refractivity contribution < 1.29 is 0 Å². The SMILES string of the molecule is NC(N)=NCCn1c2c(c3cc(Cl)ccc31)=CC(c1ccc(Cl)c(Cl)c1)C(Nc1ccccc1)C=2. The van der Waals surface area contributed by atoms with E-state index >= 15 is 0 Å². The molecule has 0 saturated carbocycles. The maximum Gasteiger partial charge on any atom is 0.185 e. The molecule has 1 aliphatic rings. The van der Waals surface area contributed by atoms with E-state index in [4.69, 9.17) is 46.3 Å². The molecule has 0 saturated heterocycles. The maximum atomic E-state index is 6.41. The predicted molar refractivity (Wildman–Crippen MR) is 149 cm³/mol. The average Bonchev–Trinajstić information content (AvgIpc) is 3.12. The summed E-state index contributed by atoms with van der Waals surface area (Å²) in [6.45, 7) is 1.10. The Balaban J connectivity index is 1.72. The van der Waals surface area contributed by atoms with Crippen LogP contribution in [0.3, 0.4) is 0 Å². The minimum Gasteiger partial charge on any atom is -0.378 e. The molecule has 2 atom stereocenters. The second-order valence-electron chi connectivity index (χ2n) is 8.49. The van der Waals surface area contributed by atoms with Gasteiger partial charge in [0.1, 0.15) is 0 Å². The van der Waals surface area contributed by atoms with E-state index < -0.39 is 0 Å². The lowest BCUT2D eigenvalue weighted by Gasteiger charge is -2.27. The van der Waals surface area contributed by atoms with E-state index in [0.29, 0.717) is 28.2 Å². The van der Waals surface area contributed by atoms with Crippen LogP contribution in [0.25, 0.3) is 23.1 Å². The second kappa shape index (κ2) is 9.86. The number of anilines is 1. The number of rotatable bonds is 6. The van der Waals surface area contributed by atoms with Gasteiger partial charge in [-0.15, -0.1) is 0 Å². The molecule has 5 N–H and O–H groups in total. The van der Waals surface area contributed by atoms with Gasteiger partial charge in [-0.3, -0.25) is 4.99 Å². The molecule has 5 nitrogen and oxygen atoms in total. The van der Waals surface area contributed by atoms with Crippen LogP contribution in [0.2, 0.25) is 15.1 Å². The zero-order valence-corrected chi connectivity index (χ0v) is 21.0. The molecule has 0 aliphatic heterocycles. The number of hydrogen-bond acceptors (Lipinski definition) is 2. The van der Waals surface area contributed by atoms with Crippen molar-refractivity contribution in [3.63, 3.8) is 0 Å². The fourth-order valence-electron chi connectivity index (χ4n) is 4.69. The predicted octanol–water partition coefficient (Wildman–Crippen LogP) is 4.71. The largest absolute Gasteiger partial charge is 0.378 e. The van der Waals surface area contributed by atoms with Gasteiger partial charge in [0.15, 0.2) is 5.96 Å². The van der Waals surface area contributed by atoms with E-state index in [1.165, 1.54) is 0 Å². The topological polar surface area (TPSA) is 81.4 Å². The van der Waals surface area contributed by atoms with Crippen molar-refractivity contribution in [2.24, 2.45) is 16.5 Å². The first kappa shape index (κ1) is 23.6. The van der Waals surface area contributed by atoms with Crippen LogP contribution < -0.4 is 27.4 Å². The number of hydrogen-bond donors (Lipinski definition) is 3. The zero-order chi connectivity index (χ0) is 24.5. The van der Waals surface area contributed by atoms with E-state index in [9.17, 15) is 0 Å². The van der Waals surface area contributed by atoms with Crippen molar-refractivity contribution in [1.82, 2.24) is 4.57 Å². The standard InChI is InChI=1S/C27H24Cl3N5/c28-17-7-9-25-20(13-17)21-14-19(16-6-8-22(29)23(30)12-16)24(34-18-4-2-1-3-5-18)15-26(21)35(25)11-10-33-27(31)32/h1-9,12-15,19,24,34H,10-11H2,(H4,31,32,33). The van der Waals surface area contributed by atoms with Crippen molar-refractivity contribution in [1.29, 1.82) is 0 Å². The maximum absolute atomic E-state index is 6.41. The second-order valence-corrected chi connectivity index (χ2v) is 9.74. The summed E-state index contributed by atoms with van der Waals surface area (Å²) >= 11 is 19.0. The first-order chi connectivity index (χ1) is 16.9. The lowest BCUT2D eigenvalue weighted by molar-refractivity contribution is 0.705. The highest BCUT2D eigenvalue weighted by atomic mass is 35.5. The summed E-state index contributed by atoms with van der Waals surface area (Å²) < 4.78 is 2.24. The third-order valence-corrected chi connectivity index (χ3v) is 7.20. The van der Waals surface area contributed by atoms with E-state index in [2.05, 4.69) is 39.2 Å². The molecular formula is C27H24Cl3N5. The molecule has 1 aliphatic carbocycles. The van der Waals surface area contributed by atoms with Crippen LogP contribution in [0, 0.1) is 0 Å². The number of halogens is 3. The van der Waals surface area contributed by atoms with Crippen molar-refractivity contribution >= 4 is 69.5 Å². The first-order valence-electron chi connectivity index (χ1n) is 11.2. The molecule has 35 heavy (non-hydrogen) atoms. The van der Waals surface area contributed by atoms with Gasteiger partial charge in [-0.2, -0.15) is 0 Å². The Kier molecular flexibility index (Phi) is 6.65. The number of fused-ring (bicyclic) bond motifs is 3. The quantitative estimate of drug-likeness (QED) is 0.252. The summed E-state index contributed by atoms with van der Waals surface area (Å²) in [5.74, 6) is 0.0884. The van der Waals surface area contributed by atoms with Crippen LogP contribution in [-0.2, 0) is 6.54 Å². The van der Waals surface area contributed by atoms with Gasteiger partial charge in [0.05, 0.1) is 22.6 Å². The summed E-state index contributed by atoms with van der Waals surface area (Å²) in [7, 11) is 0. The molecule has 8 heteroatoms. The average molecular weight is 525 g/mol. The number of para-hydroxylation sites is 1. The fraction of sp³-hybridized carbons (Fsp3) is 0.148. The number of aliphatic imine (C=N–C) groups is 1. The number of nitrogens with one attached hydrogen (secondary N) is 1. The molecule has 3 aromatic carbocycles. The number of guanidine groups is 1. The van der Waals surface area contributed by atoms with Crippen LogP contribution in [0.1, 0.15) is 11.5 Å². The molecule has 1 aromatic heterocycles. The van der Waals surface area contributed by atoms with Gasteiger partial charge >= 0.3 is 0 Å². The Morgan fingerprint density at radius 1 is 0.914 bits per heavy atom. The summed E-state index contributed by atoms with van der Waals surface area (Å²) in [6.07, 6.45) is 4.55. The Morgan fingerprint density at radius 2 is 1.71 bits per heavy atom. The molecule has 4 aromatic rings. The molecule has 0 radical (unpaired) electrons. The third kappa shape index (κ3) is 4.85. The molecule has 0 fully saturated rings. The van der Waals surface area contributed by atoms with Gasteiger partial charge in [0.2, 0.25) is 0 Å². The summed E-state index contributed by atoms with van der Waals surface area (Å²) in [6, 6.07) is 21.9. The van der Waals surface area contributed by atoms with E-state index in [-0.39, 0.29) is 17.9 Å². The van der Waals surface area contributed by atoms with E-state index in [0.717, 1.165) is 32.7 Å². The Labute approximate surface area is 218 Å². The smallest absolute Gasteiger partial charge is 0.185 e. The van der Waals surface area contributed by atoms with Crippen LogP contribution >= 0.6 is 34.8 Å². The van der Waals surface area contributed by atoms with Crippen LogP contribution in [0.15, 0.2) is 71.7 Å². The monoisotopic (exact) mass is 523 g/mol. The fourth-order valence-corrected chi connectivity index (χ4v) is 5.16. The normalized spacial score (nSPS) is 16.8. The Hall–Kier alpha value is -3.12. The molecule has 0 spiro atoms. The van der Waals surface area contributed by atoms with Crippen molar-refractivity contribution in [2.75, 3.05) is 11.9 Å². The minimum absolute atomic E-state index is 0.00760. The third-order valence-electron chi connectivity index (χ3n) is 6.23. The van der Waals surface area contributed by atoms with Crippen LogP contribution in [0.4, 0.5) is 5.69 Å². The lowest BCUT2D eigenvalue weighted by Crippen LogP contribution is -2.40. The summed E-state index contributed by atoms with van der Waals surface area (Å²) in [4.78, 5) is 4.20. The first-order valence-corrected chi connectivity index (χ1v) is 12.4. The van der Waals surface area contributed by atoms with E-state index in [1.807, 2.05) is 54.6 Å².